The summed E-state index contributed by atoms with van der Waals surface area (Å²) in [4.78, 5) is 14.6. The second-order valence-corrected chi connectivity index (χ2v) is 9.44. The molecule has 0 saturated heterocycles. The predicted molar refractivity (Wildman–Crippen MR) is 119 cm³/mol. The normalized spacial score (nSPS) is 16.3. The van der Waals surface area contributed by atoms with Gasteiger partial charge in [0.25, 0.3) is 15.9 Å². The van der Waals surface area contributed by atoms with Gasteiger partial charge in [-0.05, 0) is 55.0 Å². The van der Waals surface area contributed by atoms with E-state index in [1.165, 1.54) is 24.3 Å². The zero-order chi connectivity index (χ0) is 22.0. The van der Waals surface area contributed by atoms with E-state index in [0.29, 0.717) is 29.5 Å². The summed E-state index contributed by atoms with van der Waals surface area (Å²) in [6, 6.07) is 20.6. The average Bonchev–Trinajstić information content (AvgIpc) is 2.85. The summed E-state index contributed by atoms with van der Waals surface area (Å²) in [6.07, 6.45) is -0.637. The highest BCUT2D eigenvalue weighted by Gasteiger charge is 2.28. The summed E-state index contributed by atoms with van der Waals surface area (Å²) in [5, 5.41) is 0.457. The number of carbonyl (C=O) groups excluding carboxylic acids is 1. The van der Waals surface area contributed by atoms with E-state index in [2.05, 4.69) is 4.72 Å². The van der Waals surface area contributed by atoms with Gasteiger partial charge < -0.3 is 9.64 Å². The highest BCUT2D eigenvalue weighted by Crippen LogP contribution is 2.30. The Morgan fingerprint density at radius 1 is 1.06 bits per heavy atom. The van der Waals surface area contributed by atoms with Crippen molar-refractivity contribution in [3.8, 4) is 5.75 Å². The molecular formula is C23H21ClN2O4S. The molecular weight excluding hydrogens is 436 g/mol. The van der Waals surface area contributed by atoms with Crippen LogP contribution in [-0.2, 0) is 27.9 Å². The van der Waals surface area contributed by atoms with E-state index in [9.17, 15) is 13.2 Å². The standard InChI is InChI=1S/C23H21ClN2O4S/c1-16-23(27)26(14-17-5-3-2-4-6-17)15-18-13-20(9-12-22(18)30-16)25-31(28,29)21-10-7-19(24)8-11-21/h2-13,16,25H,14-15H2,1H3/t16-/m0/s1. The first kappa shape index (κ1) is 21.2. The molecule has 3 aromatic carbocycles. The molecule has 160 valence electrons. The third-order valence-corrected chi connectivity index (χ3v) is 6.63. The van der Waals surface area contributed by atoms with Crippen molar-refractivity contribution < 1.29 is 17.9 Å². The Bertz CT molecular complexity index is 1200. The highest BCUT2D eigenvalue weighted by molar-refractivity contribution is 7.92. The van der Waals surface area contributed by atoms with Gasteiger partial charge in [-0.25, -0.2) is 8.42 Å². The Labute approximate surface area is 186 Å². The number of fused-ring (bicyclic) bond motifs is 1. The molecule has 1 amide bonds. The van der Waals surface area contributed by atoms with Gasteiger partial charge in [0.2, 0.25) is 0 Å². The Morgan fingerprint density at radius 3 is 2.48 bits per heavy atom. The number of hydrogen-bond acceptors (Lipinski definition) is 4. The molecule has 1 aliphatic rings. The molecule has 1 atom stereocenters. The maximum Gasteiger partial charge on any atom is 0.263 e. The third kappa shape index (κ3) is 4.84. The summed E-state index contributed by atoms with van der Waals surface area (Å²) in [5.41, 5.74) is 2.12. The summed E-state index contributed by atoms with van der Waals surface area (Å²) in [7, 11) is -3.78. The summed E-state index contributed by atoms with van der Waals surface area (Å²) < 4.78 is 33.8. The molecule has 1 N–H and O–H groups in total. The van der Waals surface area contributed by atoms with Crippen LogP contribution in [0, 0.1) is 0 Å². The molecule has 1 heterocycles. The lowest BCUT2D eigenvalue weighted by Gasteiger charge is -2.22. The monoisotopic (exact) mass is 456 g/mol. The average molecular weight is 457 g/mol. The molecule has 8 heteroatoms. The SMILES string of the molecule is C[C@@H]1Oc2ccc(NS(=O)(=O)c3ccc(Cl)cc3)cc2CN(Cc2ccccc2)C1=O. The minimum Gasteiger partial charge on any atom is -0.481 e. The van der Waals surface area contributed by atoms with E-state index in [1.54, 1.807) is 30.0 Å². The maximum atomic E-state index is 12.8. The van der Waals surface area contributed by atoms with Crippen LogP contribution in [0.15, 0.2) is 77.7 Å². The highest BCUT2D eigenvalue weighted by atomic mass is 35.5. The molecule has 4 rings (SSSR count). The molecule has 1 aliphatic heterocycles. The number of rotatable bonds is 5. The molecule has 0 radical (unpaired) electrons. The molecule has 0 bridgehead atoms. The van der Waals surface area contributed by atoms with Gasteiger partial charge in [0.05, 0.1) is 4.90 Å². The molecule has 6 nitrogen and oxygen atoms in total. The van der Waals surface area contributed by atoms with Gasteiger partial charge in [-0.1, -0.05) is 41.9 Å². The quantitative estimate of drug-likeness (QED) is 0.615. The van der Waals surface area contributed by atoms with Crippen LogP contribution < -0.4 is 9.46 Å². The van der Waals surface area contributed by atoms with Gasteiger partial charge in [-0.3, -0.25) is 9.52 Å². The number of ether oxygens (including phenoxy) is 1. The van der Waals surface area contributed by atoms with E-state index in [0.717, 1.165) is 11.1 Å². The Morgan fingerprint density at radius 2 is 1.77 bits per heavy atom. The second kappa shape index (κ2) is 8.61. The van der Waals surface area contributed by atoms with Crippen LogP contribution in [0.4, 0.5) is 5.69 Å². The van der Waals surface area contributed by atoms with Crippen molar-refractivity contribution in [3.05, 3.63) is 88.9 Å². The van der Waals surface area contributed by atoms with Crippen molar-refractivity contribution in [1.82, 2.24) is 4.90 Å². The zero-order valence-electron chi connectivity index (χ0n) is 16.8. The second-order valence-electron chi connectivity index (χ2n) is 7.32. The molecule has 0 unspecified atom stereocenters. The number of amides is 1. The smallest absolute Gasteiger partial charge is 0.263 e. The number of nitrogens with one attached hydrogen (secondary N) is 1. The van der Waals surface area contributed by atoms with Gasteiger partial charge in [-0.2, -0.15) is 0 Å². The van der Waals surface area contributed by atoms with Crippen LogP contribution in [0.1, 0.15) is 18.1 Å². The van der Waals surface area contributed by atoms with Crippen molar-refractivity contribution >= 4 is 33.2 Å². The number of sulfonamides is 1. The van der Waals surface area contributed by atoms with Crippen LogP contribution in [-0.4, -0.2) is 25.3 Å². The summed E-state index contributed by atoms with van der Waals surface area (Å²) in [5.74, 6) is 0.439. The maximum absolute atomic E-state index is 12.8. The van der Waals surface area contributed by atoms with Crippen LogP contribution in [0.3, 0.4) is 0 Å². The number of carbonyl (C=O) groups is 1. The van der Waals surface area contributed by atoms with Crippen molar-refractivity contribution in [2.75, 3.05) is 4.72 Å². The molecule has 0 aliphatic carbocycles. The Hall–Kier alpha value is -3.03. The molecule has 0 aromatic heterocycles. The number of hydrogen-bond donors (Lipinski definition) is 1. The molecule has 0 fully saturated rings. The first-order valence-electron chi connectivity index (χ1n) is 9.72. The number of halogens is 1. The van der Waals surface area contributed by atoms with Gasteiger partial charge in [0, 0.05) is 29.4 Å². The lowest BCUT2D eigenvalue weighted by Crippen LogP contribution is -2.37. The molecule has 0 spiro atoms. The van der Waals surface area contributed by atoms with Crippen LogP contribution in [0.25, 0.3) is 0 Å². The summed E-state index contributed by atoms with van der Waals surface area (Å²) in [6.45, 7) is 2.46. The van der Waals surface area contributed by atoms with Gasteiger partial charge >= 0.3 is 0 Å². The lowest BCUT2D eigenvalue weighted by atomic mass is 10.1. The first-order chi connectivity index (χ1) is 14.8. The molecule has 31 heavy (non-hydrogen) atoms. The fraction of sp³-hybridized carbons (Fsp3) is 0.174. The van der Waals surface area contributed by atoms with Crippen LogP contribution in [0.2, 0.25) is 5.02 Å². The fourth-order valence-electron chi connectivity index (χ4n) is 3.43. The number of anilines is 1. The predicted octanol–water partition coefficient (Wildman–Crippen LogP) is 4.45. The zero-order valence-corrected chi connectivity index (χ0v) is 18.4. The third-order valence-electron chi connectivity index (χ3n) is 4.98. The summed E-state index contributed by atoms with van der Waals surface area (Å²) >= 11 is 5.85. The molecule has 0 saturated carbocycles. The largest absolute Gasteiger partial charge is 0.481 e. The van der Waals surface area contributed by atoms with Crippen LogP contribution in [0.5, 0.6) is 5.75 Å². The van der Waals surface area contributed by atoms with Gasteiger partial charge in [0.1, 0.15) is 5.75 Å². The lowest BCUT2D eigenvalue weighted by molar-refractivity contribution is -0.138. The van der Waals surface area contributed by atoms with Crippen molar-refractivity contribution in [3.63, 3.8) is 0 Å². The van der Waals surface area contributed by atoms with E-state index >= 15 is 0 Å². The Balaban J connectivity index is 1.60. The minimum atomic E-state index is -3.78. The van der Waals surface area contributed by atoms with Crippen LogP contribution >= 0.6 is 11.6 Å². The van der Waals surface area contributed by atoms with E-state index in [-0.39, 0.29) is 10.8 Å². The first-order valence-corrected chi connectivity index (χ1v) is 11.6. The van der Waals surface area contributed by atoms with E-state index in [1.807, 2.05) is 30.3 Å². The number of nitrogens with zero attached hydrogens (tertiary/aromatic N) is 1. The van der Waals surface area contributed by atoms with Crippen molar-refractivity contribution in [2.24, 2.45) is 0 Å². The number of benzene rings is 3. The van der Waals surface area contributed by atoms with Crippen molar-refractivity contribution in [2.45, 2.75) is 31.0 Å². The topological polar surface area (TPSA) is 75.7 Å². The molecule has 3 aromatic rings. The van der Waals surface area contributed by atoms with Crippen molar-refractivity contribution in [1.29, 1.82) is 0 Å². The van der Waals surface area contributed by atoms with E-state index in [4.69, 9.17) is 16.3 Å². The Kier molecular flexibility index (Phi) is 5.89. The van der Waals surface area contributed by atoms with E-state index < -0.39 is 16.1 Å². The van der Waals surface area contributed by atoms with Gasteiger partial charge in [-0.15, -0.1) is 0 Å². The van der Waals surface area contributed by atoms with Gasteiger partial charge in [0.15, 0.2) is 6.10 Å². The minimum absolute atomic E-state index is 0.109. The fourth-order valence-corrected chi connectivity index (χ4v) is 4.60.